The van der Waals surface area contributed by atoms with Crippen molar-refractivity contribution >= 4 is 38.1 Å². The fourth-order valence-electron chi connectivity index (χ4n) is 4.14. The first-order valence-electron chi connectivity index (χ1n) is 10.6. The molecule has 0 atom stereocenters. The Labute approximate surface area is 191 Å². The molecule has 0 aromatic heterocycles. The molecule has 1 aliphatic rings. The molecule has 0 saturated carbocycles. The lowest BCUT2D eigenvalue weighted by atomic mass is 10.0. The van der Waals surface area contributed by atoms with Gasteiger partial charge in [-0.3, -0.25) is 9.10 Å². The maximum Gasteiger partial charge on any atom is 0.264 e. The van der Waals surface area contributed by atoms with Gasteiger partial charge in [-0.1, -0.05) is 36.4 Å². The number of amides is 1. The number of carbonyl (C=O) groups excluding carboxylic acids is 1. The van der Waals surface area contributed by atoms with Gasteiger partial charge in [0.05, 0.1) is 10.6 Å². The van der Waals surface area contributed by atoms with Crippen LogP contribution in [-0.2, 0) is 16.4 Å². The van der Waals surface area contributed by atoms with E-state index in [0.29, 0.717) is 29.9 Å². The molecule has 1 aliphatic heterocycles. The van der Waals surface area contributed by atoms with Gasteiger partial charge in [0.2, 0.25) is 0 Å². The van der Waals surface area contributed by atoms with Crippen LogP contribution in [0.25, 0.3) is 10.8 Å². The van der Waals surface area contributed by atoms with E-state index in [9.17, 15) is 17.6 Å². The molecule has 33 heavy (non-hydrogen) atoms. The maximum absolute atomic E-state index is 13.3. The minimum absolute atomic E-state index is 0.0300. The van der Waals surface area contributed by atoms with E-state index >= 15 is 0 Å². The SMILES string of the molecule is O=C(Nc1ccc2c(c1)N(S(=O)(=O)c1ccc(F)cc1)CCC2)c1ccc2ccccc2c1. The third-order valence-electron chi connectivity index (χ3n) is 5.83. The fourth-order valence-corrected chi connectivity index (χ4v) is 5.67. The zero-order valence-electron chi connectivity index (χ0n) is 17.7. The second kappa shape index (κ2) is 8.33. The predicted octanol–water partition coefficient (Wildman–Crippen LogP) is 5.37. The monoisotopic (exact) mass is 460 g/mol. The Morgan fingerprint density at radius 3 is 2.42 bits per heavy atom. The zero-order chi connectivity index (χ0) is 23.0. The van der Waals surface area contributed by atoms with Crippen molar-refractivity contribution in [2.24, 2.45) is 0 Å². The van der Waals surface area contributed by atoms with Crippen molar-refractivity contribution in [3.8, 4) is 0 Å². The Balaban J connectivity index is 1.45. The van der Waals surface area contributed by atoms with E-state index in [4.69, 9.17) is 0 Å². The van der Waals surface area contributed by atoms with Gasteiger partial charge >= 0.3 is 0 Å². The van der Waals surface area contributed by atoms with E-state index in [1.54, 1.807) is 18.2 Å². The number of nitrogens with zero attached hydrogens (tertiary/aromatic N) is 1. The maximum atomic E-state index is 13.3. The number of benzene rings is 4. The van der Waals surface area contributed by atoms with Gasteiger partial charge in [0.25, 0.3) is 15.9 Å². The molecule has 5 rings (SSSR count). The van der Waals surface area contributed by atoms with Crippen molar-refractivity contribution in [3.05, 3.63) is 102 Å². The van der Waals surface area contributed by atoms with Crippen LogP contribution in [-0.4, -0.2) is 20.9 Å². The first-order valence-corrected chi connectivity index (χ1v) is 12.1. The molecule has 1 N–H and O–H groups in total. The Morgan fingerprint density at radius 1 is 0.879 bits per heavy atom. The molecule has 166 valence electrons. The van der Waals surface area contributed by atoms with Crippen molar-refractivity contribution in [1.82, 2.24) is 0 Å². The van der Waals surface area contributed by atoms with E-state index in [1.165, 1.54) is 16.4 Å². The molecular weight excluding hydrogens is 439 g/mol. The summed E-state index contributed by atoms with van der Waals surface area (Å²) in [6.45, 7) is 0.314. The molecule has 5 nitrogen and oxygen atoms in total. The largest absolute Gasteiger partial charge is 0.322 e. The number of sulfonamides is 1. The van der Waals surface area contributed by atoms with Crippen LogP contribution in [0.4, 0.5) is 15.8 Å². The van der Waals surface area contributed by atoms with E-state index in [-0.39, 0.29) is 10.8 Å². The summed E-state index contributed by atoms with van der Waals surface area (Å²) in [4.78, 5) is 12.9. The Kier molecular flexibility index (Phi) is 5.34. The number of nitrogens with one attached hydrogen (secondary N) is 1. The highest BCUT2D eigenvalue weighted by Gasteiger charge is 2.29. The molecular formula is C26H21FN2O3S. The number of aryl methyl sites for hydroxylation is 1. The number of rotatable bonds is 4. The predicted molar refractivity (Wildman–Crippen MR) is 128 cm³/mol. The average molecular weight is 461 g/mol. The lowest BCUT2D eigenvalue weighted by molar-refractivity contribution is 0.102. The Morgan fingerprint density at radius 2 is 1.64 bits per heavy atom. The second-order valence-electron chi connectivity index (χ2n) is 7.99. The summed E-state index contributed by atoms with van der Waals surface area (Å²) in [6.07, 6.45) is 1.42. The number of fused-ring (bicyclic) bond motifs is 2. The van der Waals surface area contributed by atoms with Gasteiger partial charge in [0.1, 0.15) is 5.82 Å². The highest BCUT2D eigenvalue weighted by molar-refractivity contribution is 7.92. The van der Waals surface area contributed by atoms with Crippen LogP contribution >= 0.6 is 0 Å². The van der Waals surface area contributed by atoms with Crippen LogP contribution in [0.1, 0.15) is 22.3 Å². The first kappa shape index (κ1) is 21.2. The molecule has 0 radical (unpaired) electrons. The Hall–Kier alpha value is -3.71. The molecule has 0 bridgehead atoms. The summed E-state index contributed by atoms with van der Waals surface area (Å²) in [5, 5.41) is 4.89. The van der Waals surface area contributed by atoms with Crippen LogP contribution in [0.15, 0.2) is 89.8 Å². The topological polar surface area (TPSA) is 66.5 Å². The van der Waals surface area contributed by atoms with Crippen LogP contribution < -0.4 is 9.62 Å². The molecule has 7 heteroatoms. The molecule has 0 saturated heterocycles. The quantitative estimate of drug-likeness (QED) is 0.445. The minimum atomic E-state index is -3.86. The number of anilines is 2. The molecule has 0 fully saturated rings. The van der Waals surface area contributed by atoms with Crippen LogP contribution in [0, 0.1) is 5.82 Å². The first-order chi connectivity index (χ1) is 15.9. The van der Waals surface area contributed by atoms with Crippen LogP contribution in [0.2, 0.25) is 0 Å². The number of hydrogen-bond acceptors (Lipinski definition) is 3. The highest BCUT2D eigenvalue weighted by atomic mass is 32.2. The van der Waals surface area contributed by atoms with E-state index in [0.717, 1.165) is 34.9 Å². The Bertz CT molecular complexity index is 1470. The summed E-state index contributed by atoms with van der Waals surface area (Å²) in [7, 11) is -3.86. The van der Waals surface area contributed by atoms with Crippen molar-refractivity contribution in [3.63, 3.8) is 0 Å². The molecule has 4 aromatic carbocycles. The van der Waals surface area contributed by atoms with E-state index in [2.05, 4.69) is 5.32 Å². The van der Waals surface area contributed by atoms with Gasteiger partial charge in [0, 0.05) is 17.8 Å². The smallest absolute Gasteiger partial charge is 0.264 e. The molecule has 0 aliphatic carbocycles. The number of halogens is 1. The summed E-state index contributed by atoms with van der Waals surface area (Å²) < 4.78 is 41.2. The third-order valence-corrected chi connectivity index (χ3v) is 7.66. The van der Waals surface area contributed by atoms with Gasteiger partial charge in [0.15, 0.2) is 0 Å². The molecule has 1 heterocycles. The summed E-state index contributed by atoms with van der Waals surface area (Å²) in [5.41, 5.74) is 2.44. The zero-order valence-corrected chi connectivity index (χ0v) is 18.5. The second-order valence-corrected chi connectivity index (χ2v) is 9.86. The van der Waals surface area contributed by atoms with Gasteiger partial charge in [-0.15, -0.1) is 0 Å². The third kappa shape index (κ3) is 4.07. The lowest BCUT2D eigenvalue weighted by Crippen LogP contribution is -2.35. The van der Waals surface area contributed by atoms with Crippen molar-refractivity contribution in [2.75, 3.05) is 16.2 Å². The molecule has 0 spiro atoms. The van der Waals surface area contributed by atoms with Crippen LogP contribution in [0.5, 0.6) is 0 Å². The minimum Gasteiger partial charge on any atom is -0.322 e. The van der Waals surface area contributed by atoms with Gasteiger partial charge < -0.3 is 5.32 Å². The van der Waals surface area contributed by atoms with Crippen molar-refractivity contribution in [2.45, 2.75) is 17.7 Å². The summed E-state index contributed by atoms with van der Waals surface area (Å²) in [5.74, 6) is -0.767. The number of carbonyl (C=O) groups is 1. The van der Waals surface area contributed by atoms with Gasteiger partial charge in [-0.25, -0.2) is 12.8 Å². The van der Waals surface area contributed by atoms with Gasteiger partial charge in [-0.2, -0.15) is 0 Å². The summed E-state index contributed by atoms with van der Waals surface area (Å²) in [6, 6.07) is 23.4. The highest BCUT2D eigenvalue weighted by Crippen LogP contribution is 2.34. The van der Waals surface area contributed by atoms with E-state index in [1.807, 2.05) is 42.5 Å². The fraction of sp³-hybridized carbons (Fsp3) is 0.115. The molecule has 1 amide bonds. The standard InChI is InChI=1S/C26H21FN2O3S/c27-22-10-13-24(14-11-22)33(31,32)29-15-3-6-19-9-12-23(17-25(19)29)28-26(30)21-8-7-18-4-1-2-5-20(18)16-21/h1-2,4-5,7-14,16-17H,3,6,15H2,(H,28,30). The van der Waals surface area contributed by atoms with E-state index < -0.39 is 15.8 Å². The molecule has 4 aromatic rings. The van der Waals surface area contributed by atoms with Crippen molar-refractivity contribution in [1.29, 1.82) is 0 Å². The average Bonchev–Trinajstić information content (AvgIpc) is 2.83. The van der Waals surface area contributed by atoms with Crippen LogP contribution in [0.3, 0.4) is 0 Å². The summed E-state index contributed by atoms with van der Waals surface area (Å²) >= 11 is 0. The lowest BCUT2D eigenvalue weighted by Gasteiger charge is -2.31. The molecule has 0 unspecified atom stereocenters. The normalized spacial score (nSPS) is 13.5. The van der Waals surface area contributed by atoms with Gasteiger partial charge in [-0.05, 0) is 77.7 Å². The number of hydrogen-bond donors (Lipinski definition) is 1. The van der Waals surface area contributed by atoms with Crippen molar-refractivity contribution < 1.29 is 17.6 Å².